The van der Waals surface area contributed by atoms with Gasteiger partial charge >= 0.3 is 6.03 Å². The quantitative estimate of drug-likeness (QED) is 0.810. The first-order valence-electron chi connectivity index (χ1n) is 10.3. The Morgan fingerprint density at radius 3 is 2.42 bits per heavy atom. The molecule has 0 unspecified atom stereocenters. The van der Waals surface area contributed by atoms with Crippen LogP contribution in [-0.4, -0.2) is 91.7 Å². The number of carbonyl (C=O) groups is 2. The summed E-state index contributed by atoms with van der Waals surface area (Å²) >= 11 is 0. The highest BCUT2D eigenvalue weighted by molar-refractivity contribution is 5.79. The smallest absolute Gasteiger partial charge is 0.317 e. The van der Waals surface area contributed by atoms with E-state index < -0.39 is 0 Å². The molecule has 3 saturated heterocycles. The minimum Gasteiger partial charge on any atom is -0.378 e. The number of likely N-dealkylation sites (tertiary alicyclic amines) is 2. The van der Waals surface area contributed by atoms with Gasteiger partial charge in [-0.2, -0.15) is 0 Å². The second kappa shape index (κ2) is 9.55. The Hall–Kier alpha value is -1.34. The van der Waals surface area contributed by atoms with Gasteiger partial charge in [-0.05, 0) is 38.6 Å². The molecule has 3 aliphatic rings. The van der Waals surface area contributed by atoms with Gasteiger partial charge in [-0.15, -0.1) is 0 Å². The van der Waals surface area contributed by atoms with Crippen LogP contribution in [0, 0.1) is 5.92 Å². The van der Waals surface area contributed by atoms with Crippen molar-refractivity contribution in [3.8, 4) is 0 Å². The average molecular weight is 367 g/mol. The predicted molar refractivity (Wildman–Crippen MR) is 100.0 cm³/mol. The number of piperidine rings is 2. The van der Waals surface area contributed by atoms with Gasteiger partial charge in [0.05, 0.1) is 19.1 Å². The van der Waals surface area contributed by atoms with Crippen molar-refractivity contribution in [3.05, 3.63) is 0 Å². The molecule has 3 heterocycles. The molecule has 1 N–H and O–H groups in total. The maximum Gasteiger partial charge on any atom is 0.317 e. The van der Waals surface area contributed by atoms with Gasteiger partial charge in [-0.3, -0.25) is 9.69 Å². The van der Waals surface area contributed by atoms with Crippen molar-refractivity contribution in [1.82, 2.24) is 20.0 Å². The van der Waals surface area contributed by atoms with E-state index >= 15 is 0 Å². The van der Waals surface area contributed by atoms with Gasteiger partial charge in [0.25, 0.3) is 0 Å². The average Bonchev–Trinajstić information content (AvgIpc) is 2.72. The number of ether oxygens (including phenoxy) is 1. The molecule has 3 fully saturated rings. The number of hydrogen-bond donors (Lipinski definition) is 1. The number of hydrogen-bond acceptors (Lipinski definition) is 4. The molecule has 1 atom stereocenters. The summed E-state index contributed by atoms with van der Waals surface area (Å²) in [5.41, 5.74) is 0. The van der Waals surface area contributed by atoms with Crippen LogP contribution in [0.1, 0.15) is 39.0 Å². The topological polar surface area (TPSA) is 65.1 Å². The Morgan fingerprint density at radius 1 is 1.00 bits per heavy atom. The molecular formula is C19H34N4O3. The molecular weight excluding hydrogens is 332 g/mol. The SMILES string of the molecule is CCCNC(=O)N1CCC(N2CCC[C@@H](C(=O)N3CCOCC3)C2)CC1. The van der Waals surface area contributed by atoms with Crippen LogP contribution in [0.4, 0.5) is 4.79 Å². The molecule has 0 aliphatic carbocycles. The highest BCUT2D eigenvalue weighted by Crippen LogP contribution is 2.25. The van der Waals surface area contributed by atoms with Gasteiger partial charge in [0, 0.05) is 45.3 Å². The lowest BCUT2D eigenvalue weighted by molar-refractivity contribution is -0.141. The van der Waals surface area contributed by atoms with Gasteiger partial charge in [0.15, 0.2) is 0 Å². The second-order valence-electron chi connectivity index (χ2n) is 7.72. The predicted octanol–water partition coefficient (Wildman–Crippen LogP) is 1.14. The van der Waals surface area contributed by atoms with E-state index in [9.17, 15) is 9.59 Å². The zero-order valence-corrected chi connectivity index (χ0v) is 16.1. The van der Waals surface area contributed by atoms with Gasteiger partial charge < -0.3 is 19.9 Å². The third kappa shape index (κ3) is 4.88. The lowest BCUT2D eigenvalue weighted by atomic mass is 9.92. The summed E-state index contributed by atoms with van der Waals surface area (Å²) in [6.07, 6.45) is 5.09. The van der Waals surface area contributed by atoms with Crippen molar-refractivity contribution in [2.75, 3.05) is 59.0 Å². The normalized spacial score (nSPS) is 26.0. The van der Waals surface area contributed by atoms with E-state index in [1.807, 2.05) is 9.80 Å². The van der Waals surface area contributed by atoms with Crippen LogP contribution in [0.25, 0.3) is 0 Å². The Bertz CT molecular complexity index is 473. The molecule has 0 radical (unpaired) electrons. The van der Waals surface area contributed by atoms with Gasteiger partial charge in [0.1, 0.15) is 0 Å². The van der Waals surface area contributed by atoms with E-state index in [1.165, 1.54) is 0 Å². The molecule has 3 aliphatic heterocycles. The number of urea groups is 1. The molecule has 0 aromatic carbocycles. The molecule has 0 aromatic rings. The van der Waals surface area contributed by atoms with E-state index in [4.69, 9.17) is 4.74 Å². The van der Waals surface area contributed by atoms with Gasteiger partial charge in [-0.25, -0.2) is 4.79 Å². The Morgan fingerprint density at radius 2 is 1.73 bits per heavy atom. The van der Waals surface area contributed by atoms with Crippen molar-refractivity contribution in [1.29, 1.82) is 0 Å². The molecule has 26 heavy (non-hydrogen) atoms. The van der Waals surface area contributed by atoms with Crippen LogP contribution in [0.2, 0.25) is 0 Å². The lowest BCUT2D eigenvalue weighted by Gasteiger charge is -2.43. The fraction of sp³-hybridized carbons (Fsp3) is 0.895. The minimum atomic E-state index is 0.0734. The molecule has 0 aromatic heterocycles. The van der Waals surface area contributed by atoms with Crippen molar-refractivity contribution in [2.24, 2.45) is 5.92 Å². The Kier molecular flexibility index (Phi) is 7.14. The van der Waals surface area contributed by atoms with E-state index in [0.717, 1.165) is 77.9 Å². The van der Waals surface area contributed by atoms with Crippen molar-refractivity contribution in [2.45, 2.75) is 45.1 Å². The Balaban J connectivity index is 1.46. The Labute approximate surface area is 157 Å². The summed E-state index contributed by atoms with van der Waals surface area (Å²) < 4.78 is 5.37. The standard InChI is InChI=1S/C19H34N4O3/c1-2-7-20-19(25)22-9-5-17(6-10-22)23-8-3-4-16(15-23)18(24)21-11-13-26-14-12-21/h16-17H,2-15H2,1H3,(H,20,25)/t16-/m1/s1. The molecule has 7 heteroatoms. The molecule has 0 spiro atoms. The highest BCUT2D eigenvalue weighted by atomic mass is 16.5. The van der Waals surface area contributed by atoms with Crippen LogP contribution in [0.5, 0.6) is 0 Å². The minimum absolute atomic E-state index is 0.0734. The molecule has 7 nitrogen and oxygen atoms in total. The number of morpholine rings is 1. The summed E-state index contributed by atoms with van der Waals surface area (Å²) in [6.45, 7) is 9.22. The zero-order valence-electron chi connectivity index (χ0n) is 16.1. The molecule has 148 valence electrons. The third-order valence-corrected chi connectivity index (χ3v) is 5.92. The molecule has 3 rings (SSSR count). The summed E-state index contributed by atoms with van der Waals surface area (Å²) in [5.74, 6) is 0.446. The van der Waals surface area contributed by atoms with E-state index in [-0.39, 0.29) is 11.9 Å². The van der Waals surface area contributed by atoms with Crippen molar-refractivity contribution in [3.63, 3.8) is 0 Å². The number of nitrogens with one attached hydrogen (secondary N) is 1. The largest absolute Gasteiger partial charge is 0.378 e. The first-order chi connectivity index (χ1) is 12.7. The summed E-state index contributed by atoms with van der Waals surface area (Å²) in [4.78, 5) is 31.3. The van der Waals surface area contributed by atoms with Gasteiger partial charge in [0.2, 0.25) is 5.91 Å². The van der Waals surface area contributed by atoms with Crippen molar-refractivity contribution < 1.29 is 14.3 Å². The summed E-state index contributed by atoms with van der Waals surface area (Å²) in [7, 11) is 0. The number of amides is 3. The van der Waals surface area contributed by atoms with Crippen LogP contribution in [0.3, 0.4) is 0 Å². The number of carbonyl (C=O) groups excluding carboxylic acids is 2. The summed E-state index contributed by atoms with van der Waals surface area (Å²) in [6, 6.07) is 0.579. The number of rotatable bonds is 4. The van der Waals surface area contributed by atoms with Crippen molar-refractivity contribution >= 4 is 11.9 Å². The zero-order chi connectivity index (χ0) is 18.4. The lowest BCUT2D eigenvalue weighted by Crippen LogP contribution is -2.53. The monoisotopic (exact) mass is 366 g/mol. The maximum absolute atomic E-state index is 12.8. The fourth-order valence-electron chi connectivity index (χ4n) is 4.36. The van der Waals surface area contributed by atoms with Crippen LogP contribution in [0.15, 0.2) is 0 Å². The van der Waals surface area contributed by atoms with E-state index in [1.54, 1.807) is 0 Å². The third-order valence-electron chi connectivity index (χ3n) is 5.92. The maximum atomic E-state index is 12.8. The molecule has 3 amide bonds. The van der Waals surface area contributed by atoms with Gasteiger partial charge in [-0.1, -0.05) is 6.92 Å². The second-order valence-corrected chi connectivity index (χ2v) is 7.72. The number of nitrogens with zero attached hydrogens (tertiary/aromatic N) is 3. The highest BCUT2D eigenvalue weighted by Gasteiger charge is 2.34. The first-order valence-corrected chi connectivity index (χ1v) is 10.3. The first kappa shape index (κ1) is 19.4. The van der Waals surface area contributed by atoms with E-state index in [2.05, 4.69) is 17.1 Å². The molecule has 0 saturated carbocycles. The van der Waals surface area contributed by atoms with Crippen LogP contribution < -0.4 is 5.32 Å². The fourth-order valence-corrected chi connectivity index (χ4v) is 4.36. The summed E-state index contributed by atoms with van der Waals surface area (Å²) in [5, 5.41) is 2.97. The van der Waals surface area contributed by atoms with Crippen LogP contribution >= 0.6 is 0 Å². The van der Waals surface area contributed by atoms with Crippen LogP contribution in [-0.2, 0) is 9.53 Å². The van der Waals surface area contributed by atoms with E-state index in [0.29, 0.717) is 25.2 Å². The molecule has 0 bridgehead atoms.